The van der Waals surface area contributed by atoms with Gasteiger partial charge in [0.05, 0.1) is 17.9 Å². The summed E-state index contributed by atoms with van der Waals surface area (Å²) >= 11 is 2.75. The molecule has 1 aromatic heterocycles. The van der Waals surface area contributed by atoms with Gasteiger partial charge in [0.2, 0.25) is 12.7 Å². The summed E-state index contributed by atoms with van der Waals surface area (Å²) in [6.45, 7) is 0.643. The van der Waals surface area contributed by atoms with Crippen LogP contribution in [-0.2, 0) is 17.6 Å². The van der Waals surface area contributed by atoms with Gasteiger partial charge >= 0.3 is 0 Å². The lowest BCUT2D eigenvalue weighted by molar-refractivity contribution is -0.120. The maximum Gasteiger partial charge on any atom is 0.231 e. The Morgan fingerprint density at radius 1 is 1.13 bits per heavy atom. The molecule has 0 fully saturated rings. The number of rotatable bonds is 9. The Bertz CT molecular complexity index is 1090. The second-order valence-corrected chi connectivity index (χ2v) is 8.87. The molecule has 9 heteroatoms. The molecule has 6 nitrogen and oxygen atoms in total. The van der Waals surface area contributed by atoms with E-state index in [4.69, 9.17) is 9.47 Å². The summed E-state index contributed by atoms with van der Waals surface area (Å²) < 4.78 is 24.2. The van der Waals surface area contributed by atoms with Crippen LogP contribution < -0.4 is 14.8 Å². The van der Waals surface area contributed by atoms with Gasteiger partial charge in [-0.25, -0.2) is 9.37 Å². The van der Waals surface area contributed by atoms with E-state index in [0.717, 1.165) is 9.90 Å². The minimum atomic E-state index is -0.275. The molecule has 1 amide bonds. The number of hydrogen-bond acceptors (Lipinski definition) is 7. The third kappa shape index (κ3) is 5.83. The smallest absolute Gasteiger partial charge is 0.231 e. The van der Waals surface area contributed by atoms with E-state index in [1.54, 1.807) is 30.3 Å². The van der Waals surface area contributed by atoms with Gasteiger partial charge in [0.25, 0.3) is 0 Å². The number of thioether (sulfide) groups is 1. The number of ether oxygens (including phenoxy) is 2. The molecule has 0 spiro atoms. The molecule has 160 valence electrons. The van der Waals surface area contributed by atoms with Gasteiger partial charge in [0.1, 0.15) is 5.82 Å². The Hall–Kier alpha value is -2.91. The number of ketones is 1. The van der Waals surface area contributed by atoms with Crippen LogP contribution >= 0.6 is 23.1 Å². The summed E-state index contributed by atoms with van der Waals surface area (Å²) in [6.07, 6.45) is 0.808. The molecule has 0 unspecified atom stereocenters. The minimum Gasteiger partial charge on any atom is -0.454 e. The highest BCUT2D eigenvalue weighted by Gasteiger charge is 2.17. The summed E-state index contributed by atoms with van der Waals surface area (Å²) in [5.74, 6) is 1.04. The number of hydrogen-bond donors (Lipinski definition) is 1. The van der Waals surface area contributed by atoms with Crippen LogP contribution in [0.5, 0.6) is 11.5 Å². The second-order valence-electron chi connectivity index (χ2n) is 6.79. The van der Waals surface area contributed by atoms with Crippen molar-refractivity contribution in [1.82, 2.24) is 10.3 Å². The van der Waals surface area contributed by atoms with Gasteiger partial charge in [-0.05, 0) is 42.3 Å². The summed E-state index contributed by atoms with van der Waals surface area (Å²) in [6, 6.07) is 11.4. The first-order valence-corrected chi connectivity index (χ1v) is 11.4. The zero-order valence-corrected chi connectivity index (χ0v) is 18.1. The third-order valence-corrected chi connectivity index (χ3v) is 6.61. The fourth-order valence-corrected chi connectivity index (χ4v) is 4.68. The first-order chi connectivity index (χ1) is 15.1. The van der Waals surface area contributed by atoms with Crippen LogP contribution in [0.1, 0.15) is 21.6 Å². The van der Waals surface area contributed by atoms with E-state index in [0.29, 0.717) is 35.7 Å². The summed E-state index contributed by atoms with van der Waals surface area (Å²) in [5, 5.41) is 4.67. The molecule has 1 aliphatic heterocycles. The number of nitrogens with zero attached hydrogens (tertiary/aromatic N) is 1. The van der Waals surface area contributed by atoms with Crippen molar-refractivity contribution in [3.05, 3.63) is 70.5 Å². The number of Topliss-reactive ketones (excluding diaryl/α,β-unsaturated/α-hetero) is 1. The van der Waals surface area contributed by atoms with Crippen molar-refractivity contribution in [2.45, 2.75) is 17.2 Å². The standard InChI is InChI=1S/C22H19FN2O4S2/c23-16-4-1-14(2-5-16)7-8-24-21(27)10-17-11-30-22(25-17)31-12-18(26)15-3-6-19-20(9-15)29-13-28-19/h1-6,9,11H,7-8,10,12-13H2,(H,24,27). The van der Waals surface area contributed by atoms with Crippen molar-refractivity contribution in [2.24, 2.45) is 0 Å². The van der Waals surface area contributed by atoms with E-state index in [1.807, 2.05) is 5.38 Å². The van der Waals surface area contributed by atoms with Crippen LogP contribution in [-0.4, -0.2) is 35.8 Å². The van der Waals surface area contributed by atoms with Gasteiger partial charge in [-0.15, -0.1) is 11.3 Å². The number of halogens is 1. The van der Waals surface area contributed by atoms with Gasteiger partial charge in [0.15, 0.2) is 21.6 Å². The monoisotopic (exact) mass is 458 g/mol. The molecule has 4 rings (SSSR count). The molecular weight excluding hydrogens is 439 g/mol. The molecule has 1 aliphatic rings. The molecular formula is C22H19FN2O4S2. The van der Waals surface area contributed by atoms with Crippen molar-refractivity contribution in [3.63, 3.8) is 0 Å². The number of thiazole rings is 1. The highest BCUT2D eigenvalue weighted by molar-refractivity contribution is 8.01. The predicted molar refractivity (Wildman–Crippen MR) is 117 cm³/mol. The predicted octanol–water partition coefficient (Wildman–Crippen LogP) is 3.89. The van der Waals surface area contributed by atoms with Gasteiger partial charge < -0.3 is 14.8 Å². The zero-order chi connectivity index (χ0) is 21.6. The number of carbonyl (C=O) groups is 2. The van der Waals surface area contributed by atoms with E-state index >= 15 is 0 Å². The summed E-state index contributed by atoms with van der Waals surface area (Å²) in [7, 11) is 0. The van der Waals surface area contributed by atoms with Crippen LogP contribution in [0.4, 0.5) is 4.39 Å². The fourth-order valence-electron chi connectivity index (χ4n) is 2.94. The minimum absolute atomic E-state index is 0.0291. The molecule has 0 saturated carbocycles. The number of aromatic nitrogens is 1. The van der Waals surface area contributed by atoms with Crippen molar-refractivity contribution in [1.29, 1.82) is 0 Å². The lowest BCUT2D eigenvalue weighted by Gasteiger charge is -2.04. The van der Waals surface area contributed by atoms with Crippen molar-refractivity contribution >= 4 is 34.8 Å². The highest BCUT2D eigenvalue weighted by atomic mass is 32.2. The molecule has 1 N–H and O–H groups in total. The Labute approximate surface area is 186 Å². The van der Waals surface area contributed by atoms with E-state index in [1.165, 1.54) is 35.2 Å². The van der Waals surface area contributed by atoms with Crippen LogP contribution in [0.2, 0.25) is 0 Å². The van der Waals surface area contributed by atoms with Crippen LogP contribution in [0, 0.1) is 5.82 Å². The lowest BCUT2D eigenvalue weighted by Crippen LogP contribution is -2.27. The normalized spacial score (nSPS) is 12.0. The maximum absolute atomic E-state index is 12.9. The highest BCUT2D eigenvalue weighted by Crippen LogP contribution is 2.33. The first-order valence-electron chi connectivity index (χ1n) is 9.58. The SMILES string of the molecule is O=C(Cc1csc(SCC(=O)c2ccc3c(c2)OCO3)n1)NCCc1ccc(F)cc1. The van der Waals surface area contributed by atoms with E-state index < -0.39 is 0 Å². The number of benzene rings is 2. The van der Waals surface area contributed by atoms with Crippen molar-refractivity contribution in [3.8, 4) is 11.5 Å². The Kier molecular flexibility index (Phi) is 6.83. The van der Waals surface area contributed by atoms with Gasteiger partial charge in [-0.3, -0.25) is 9.59 Å². The lowest BCUT2D eigenvalue weighted by atomic mass is 10.1. The number of amides is 1. The molecule has 0 radical (unpaired) electrons. The molecule has 31 heavy (non-hydrogen) atoms. The fraction of sp³-hybridized carbons (Fsp3) is 0.227. The summed E-state index contributed by atoms with van der Waals surface area (Å²) in [4.78, 5) is 29.0. The molecule has 2 heterocycles. The first kappa shape index (κ1) is 21.3. The molecule has 0 atom stereocenters. The summed E-state index contributed by atoms with van der Waals surface area (Å²) in [5.41, 5.74) is 2.19. The average Bonchev–Trinajstić information content (AvgIpc) is 3.42. The Balaban J connectivity index is 1.21. The maximum atomic E-state index is 12.9. The average molecular weight is 459 g/mol. The molecule has 0 saturated heterocycles. The van der Waals surface area contributed by atoms with E-state index in [9.17, 15) is 14.0 Å². The Morgan fingerprint density at radius 3 is 2.77 bits per heavy atom. The van der Waals surface area contributed by atoms with Gasteiger partial charge in [-0.1, -0.05) is 23.9 Å². The largest absolute Gasteiger partial charge is 0.454 e. The molecule has 0 aliphatic carbocycles. The van der Waals surface area contributed by atoms with Gasteiger partial charge in [0, 0.05) is 17.5 Å². The van der Waals surface area contributed by atoms with Crippen molar-refractivity contribution < 1.29 is 23.5 Å². The Morgan fingerprint density at radius 2 is 1.94 bits per heavy atom. The van der Waals surface area contributed by atoms with E-state index in [-0.39, 0.29) is 36.5 Å². The number of nitrogens with one attached hydrogen (secondary N) is 1. The van der Waals surface area contributed by atoms with Gasteiger partial charge in [-0.2, -0.15) is 0 Å². The van der Waals surface area contributed by atoms with Crippen molar-refractivity contribution in [2.75, 3.05) is 19.1 Å². The topological polar surface area (TPSA) is 77.5 Å². The molecule has 3 aromatic rings. The van der Waals surface area contributed by atoms with E-state index in [2.05, 4.69) is 10.3 Å². The third-order valence-electron chi connectivity index (χ3n) is 4.54. The van der Waals surface area contributed by atoms with Crippen LogP contribution in [0.3, 0.4) is 0 Å². The molecule has 0 bridgehead atoms. The zero-order valence-electron chi connectivity index (χ0n) is 16.4. The number of carbonyl (C=O) groups excluding carboxylic acids is 2. The second kappa shape index (κ2) is 9.93. The number of fused-ring (bicyclic) bond motifs is 1. The quantitative estimate of drug-likeness (QED) is 0.387. The van der Waals surface area contributed by atoms with Crippen LogP contribution in [0.15, 0.2) is 52.2 Å². The molecule has 2 aromatic carbocycles. The van der Waals surface area contributed by atoms with Crippen LogP contribution in [0.25, 0.3) is 0 Å².